The predicted molar refractivity (Wildman–Crippen MR) is 104 cm³/mol. The average Bonchev–Trinajstić information content (AvgIpc) is 3.01. The topological polar surface area (TPSA) is 0 Å². The molecule has 0 saturated heterocycles. The second-order valence-electron chi connectivity index (χ2n) is 6.40. The normalized spacial score (nSPS) is 12.8. The molecule has 0 amide bonds. The van der Waals surface area contributed by atoms with Gasteiger partial charge in [0.15, 0.2) is 0 Å². The van der Waals surface area contributed by atoms with Crippen LogP contribution in [0.25, 0.3) is 28.3 Å². The molecule has 0 fully saturated rings. The maximum atomic E-state index is 2.33. The van der Waals surface area contributed by atoms with Gasteiger partial charge < -0.3 is 0 Å². The van der Waals surface area contributed by atoms with E-state index in [0.717, 1.165) is 6.42 Å². The number of hydrogen-bond acceptors (Lipinski definition) is 0. The van der Waals surface area contributed by atoms with Crippen LogP contribution in [0.5, 0.6) is 0 Å². The van der Waals surface area contributed by atoms with E-state index in [1.165, 1.54) is 44.5 Å². The van der Waals surface area contributed by atoms with Crippen LogP contribution in [0.2, 0.25) is 0 Å². The van der Waals surface area contributed by atoms with Crippen LogP contribution in [0.4, 0.5) is 0 Å². The molecule has 0 spiro atoms. The van der Waals surface area contributed by atoms with E-state index in [0.29, 0.717) is 0 Å². The largest absolute Gasteiger partial charge is 0.0642 e. The number of aryl methyl sites for hydroxylation is 1. The van der Waals surface area contributed by atoms with Crippen molar-refractivity contribution in [1.82, 2.24) is 0 Å². The summed E-state index contributed by atoms with van der Waals surface area (Å²) in [7, 11) is 0. The SMILES string of the molecule is CCc1ccc2c(c1-c1ccccc1-c1ccccc1)C=C(C)[CH]2. The van der Waals surface area contributed by atoms with Crippen LogP contribution in [-0.4, -0.2) is 0 Å². The minimum Gasteiger partial charge on any atom is -0.0642 e. The van der Waals surface area contributed by atoms with Crippen molar-refractivity contribution in [1.29, 1.82) is 0 Å². The van der Waals surface area contributed by atoms with Gasteiger partial charge >= 0.3 is 0 Å². The highest BCUT2D eigenvalue weighted by molar-refractivity contribution is 5.92. The fourth-order valence-electron chi connectivity index (χ4n) is 3.66. The fraction of sp³-hybridized carbons (Fsp3) is 0.125. The zero-order valence-electron chi connectivity index (χ0n) is 14.2. The summed E-state index contributed by atoms with van der Waals surface area (Å²) in [6, 6.07) is 24.0. The number of fused-ring (bicyclic) bond motifs is 1. The van der Waals surface area contributed by atoms with Gasteiger partial charge in [-0.05, 0) is 52.3 Å². The molecule has 1 aliphatic carbocycles. The van der Waals surface area contributed by atoms with Gasteiger partial charge in [0.2, 0.25) is 0 Å². The minimum absolute atomic E-state index is 1.04. The van der Waals surface area contributed by atoms with Crippen LogP contribution in [-0.2, 0) is 6.42 Å². The summed E-state index contributed by atoms with van der Waals surface area (Å²) in [6.07, 6.45) is 5.65. The summed E-state index contributed by atoms with van der Waals surface area (Å²) in [5.41, 5.74) is 10.7. The molecule has 0 heteroatoms. The molecule has 3 aromatic carbocycles. The Kier molecular flexibility index (Phi) is 3.82. The van der Waals surface area contributed by atoms with Crippen LogP contribution in [0.1, 0.15) is 30.5 Å². The zero-order chi connectivity index (χ0) is 16.5. The molecule has 0 saturated carbocycles. The Bertz CT molecular complexity index is 914. The van der Waals surface area contributed by atoms with Crippen LogP contribution >= 0.6 is 0 Å². The van der Waals surface area contributed by atoms with E-state index in [4.69, 9.17) is 0 Å². The molecule has 0 N–H and O–H groups in total. The van der Waals surface area contributed by atoms with Gasteiger partial charge in [-0.15, -0.1) is 0 Å². The van der Waals surface area contributed by atoms with Gasteiger partial charge in [0.25, 0.3) is 0 Å². The van der Waals surface area contributed by atoms with Gasteiger partial charge in [-0.2, -0.15) is 0 Å². The highest BCUT2D eigenvalue weighted by atomic mass is 14.2. The van der Waals surface area contributed by atoms with Crippen molar-refractivity contribution < 1.29 is 0 Å². The lowest BCUT2D eigenvalue weighted by molar-refractivity contribution is 1.14. The standard InChI is InChI=1S/C24H21/c1-3-18-13-14-20-15-17(2)16-23(20)24(18)22-12-8-7-11-21(22)19-9-5-4-6-10-19/h4-16H,3H2,1-2H3. The third kappa shape index (κ3) is 2.49. The first-order valence-electron chi connectivity index (χ1n) is 8.61. The summed E-state index contributed by atoms with van der Waals surface area (Å²) in [6.45, 7) is 4.42. The van der Waals surface area contributed by atoms with E-state index < -0.39 is 0 Å². The Morgan fingerprint density at radius 3 is 2.21 bits per heavy atom. The minimum atomic E-state index is 1.04. The van der Waals surface area contributed by atoms with Crippen molar-refractivity contribution in [2.45, 2.75) is 20.3 Å². The molecule has 0 nitrogen and oxygen atoms in total. The van der Waals surface area contributed by atoms with E-state index in [-0.39, 0.29) is 0 Å². The molecule has 0 atom stereocenters. The van der Waals surface area contributed by atoms with Gasteiger partial charge in [0, 0.05) is 6.42 Å². The van der Waals surface area contributed by atoms with Crippen LogP contribution < -0.4 is 0 Å². The first-order chi connectivity index (χ1) is 11.8. The number of benzene rings is 3. The molecule has 4 rings (SSSR count). The summed E-state index contributed by atoms with van der Waals surface area (Å²) in [5, 5.41) is 0. The maximum Gasteiger partial charge on any atom is 0.0161 e. The molecule has 0 bridgehead atoms. The lowest BCUT2D eigenvalue weighted by Gasteiger charge is -2.17. The Balaban J connectivity index is 2.01. The van der Waals surface area contributed by atoms with Crippen molar-refractivity contribution in [2.24, 2.45) is 0 Å². The van der Waals surface area contributed by atoms with Crippen LogP contribution in [0.3, 0.4) is 0 Å². The Morgan fingerprint density at radius 1 is 0.750 bits per heavy atom. The van der Waals surface area contributed by atoms with E-state index in [9.17, 15) is 0 Å². The quantitative estimate of drug-likeness (QED) is 0.514. The van der Waals surface area contributed by atoms with Crippen LogP contribution in [0, 0.1) is 6.42 Å². The van der Waals surface area contributed by atoms with E-state index in [1.54, 1.807) is 0 Å². The molecular formula is C24H21. The van der Waals surface area contributed by atoms with Crippen molar-refractivity contribution in [3.05, 3.63) is 95.4 Å². The second kappa shape index (κ2) is 6.13. The molecule has 3 aromatic rings. The summed E-state index contributed by atoms with van der Waals surface area (Å²) >= 11 is 0. The molecule has 1 radical (unpaired) electrons. The maximum absolute atomic E-state index is 2.33. The first-order valence-corrected chi connectivity index (χ1v) is 8.61. The van der Waals surface area contributed by atoms with E-state index >= 15 is 0 Å². The zero-order valence-corrected chi connectivity index (χ0v) is 14.2. The molecular weight excluding hydrogens is 288 g/mol. The predicted octanol–water partition coefficient (Wildman–Crippen LogP) is 6.55. The summed E-state index contributed by atoms with van der Waals surface area (Å²) < 4.78 is 0. The van der Waals surface area contributed by atoms with Gasteiger partial charge in [-0.3, -0.25) is 0 Å². The second-order valence-corrected chi connectivity index (χ2v) is 6.40. The van der Waals surface area contributed by atoms with Crippen molar-refractivity contribution in [3.63, 3.8) is 0 Å². The monoisotopic (exact) mass is 309 g/mol. The van der Waals surface area contributed by atoms with Crippen LogP contribution in [0.15, 0.2) is 72.3 Å². The molecule has 0 aromatic heterocycles. The molecule has 0 unspecified atom stereocenters. The lowest BCUT2D eigenvalue weighted by atomic mass is 9.87. The lowest BCUT2D eigenvalue weighted by Crippen LogP contribution is -1.95. The van der Waals surface area contributed by atoms with Crippen molar-refractivity contribution in [2.75, 3.05) is 0 Å². The number of rotatable bonds is 3. The highest BCUT2D eigenvalue weighted by Gasteiger charge is 2.19. The highest BCUT2D eigenvalue weighted by Crippen LogP contribution is 2.41. The summed E-state index contributed by atoms with van der Waals surface area (Å²) in [4.78, 5) is 0. The number of hydrogen-bond donors (Lipinski definition) is 0. The smallest absolute Gasteiger partial charge is 0.0161 e. The Hall–Kier alpha value is -2.60. The number of allylic oxidation sites excluding steroid dienone is 1. The van der Waals surface area contributed by atoms with Crippen molar-refractivity contribution in [3.8, 4) is 22.3 Å². The van der Waals surface area contributed by atoms with Gasteiger partial charge in [0.05, 0.1) is 0 Å². The fourth-order valence-corrected chi connectivity index (χ4v) is 3.66. The molecule has 0 aliphatic heterocycles. The average molecular weight is 309 g/mol. The Morgan fingerprint density at radius 2 is 1.46 bits per heavy atom. The summed E-state index contributed by atoms with van der Waals surface area (Å²) in [5.74, 6) is 0. The molecule has 117 valence electrons. The van der Waals surface area contributed by atoms with Gasteiger partial charge in [-0.25, -0.2) is 0 Å². The molecule has 1 aliphatic rings. The van der Waals surface area contributed by atoms with E-state index in [2.05, 4.69) is 93.1 Å². The Labute approximate surface area is 144 Å². The first kappa shape index (κ1) is 15.0. The van der Waals surface area contributed by atoms with E-state index in [1.807, 2.05) is 0 Å². The third-order valence-electron chi connectivity index (χ3n) is 4.78. The van der Waals surface area contributed by atoms with Gasteiger partial charge in [0.1, 0.15) is 0 Å². The third-order valence-corrected chi connectivity index (χ3v) is 4.78. The molecule has 24 heavy (non-hydrogen) atoms. The molecule has 0 heterocycles. The van der Waals surface area contributed by atoms with Gasteiger partial charge in [-0.1, -0.05) is 85.3 Å². The van der Waals surface area contributed by atoms with Crippen molar-refractivity contribution >= 4 is 6.08 Å².